The van der Waals surface area contributed by atoms with Crippen LogP contribution in [0.25, 0.3) is 0 Å². The summed E-state index contributed by atoms with van der Waals surface area (Å²) >= 11 is 1.61. The Kier molecular flexibility index (Phi) is 5.51. The van der Waals surface area contributed by atoms with Crippen LogP contribution < -0.4 is 5.32 Å². The van der Waals surface area contributed by atoms with E-state index in [2.05, 4.69) is 5.32 Å². The standard InChI is InChI=1S/C12H16N2O3S/c1-3-14(8-11(15)16)12(17)13-9-4-6-10(18-2)7-5-9/h4-7H,3,8H2,1-2H3,(H,13,17)(H,15,16). The Labute approximate surface area is 110 Å². The summed E-state index contributed by atoms with van der Waals surface area (Å²) in [4.78, 5) is 24.7. The van der Waals surface area contributed by atoms with E-state index in [1.54, 1.807) is 30.8 Å². The number of aliphatic carboxylic acids is 1. The van der Waals surface area contributed by atoms with Crippen molar-refractivity contribution >= 4 is 29.4 Å². The molecule has 18 heavy (non-hydrogen) atoms. The number of carboxylic acids is 1. The molecule has 0 atom stereocenters. The largest absolute Gasteiger partial charge is 0.480 e. The predicted molar refractivity (Wildman–Crippen MR) is 72.1 cm³/mol. The SMILES string of the molecule is CCN(CC(=O)O)C(=O)Nc1ccc(SC)cc1. The number of benzene rings is 1. The average Bonchev–Trinajstić information content (AvgIpc) is 2.36. The van der Waals surface area contributed by atoms with E-state index in [-0.39, 0.29) is 6.54 Å². The number of carbonyl (C=O) groups is 2. The molecule has 1 rings (SSSR count). The smallest absolute Gasteiger partial charge is 0.323 e. The van der Waals surface area contributed by atoms with E-state index >= 15 is 0 Å². The molecule has 0 saturated heterocycles. The Morgan fingerprint density at radius 2 is 1.94 bits per heavy atom. The second-order valence-electron chi connectivity index (χ2n) is 3.57. The van der Waals surface area contributed by atoms with Gasteiger partial charge in [-0.05, 0) is 37.4 Å². The highest BCUT2D eigenvalue weighted by atomic mass is 32.2. The fourth-order valence-electron chi connectivity index (χ4n) is 1.37. The number of rotatable bonds is 5. The first-order chi connectivity index (χ1) is 8.56. The molecule has 2 N–H and O–H groups in total. The lowest BCUT2D eigenvalue weighted by atomic mass is 10.3. The van der Waals surface area contributed by atoms with Gasteiger partial charge in [0.1, 0.15) is 6.54 Å². The summed E-state index contributed by atoms with van der Waals surface area (Å²) in [6.07, 6.45) is 1.97. The van der Waals surface area contributed by atoms with Crippen LogP contribution >= 0.6 is 11.8 Å². The van der Waals surface area contributed by atoms with Crippen LogP contribution in [0.5, 0.6) is 0 Å². The fraction of sp³-hybridized carbons (Fsp3) is 0.333. The quantitative estimate of drug-likeness (QED) is 0.804. The Bertz CT molecular complexity index is 420. The molecule has 5 nitrogen and oxygen atoms in total. The average molecular weight is 268 g/mol. The molecular weight excluding hydrogens is 252 g/mol. The van der Waals surface area contributed by atoms with Crippen molar-refractivity contribution in [3.05, 3.63) is 24.3 Å². The van der Waals surface area contributed by atoms with E-state index in [4.69, 9.17) is 5.11 Å². The zero-order chi connectivity index (χ0) is 13.5. The van der Waals surface area contributed by atoms with E-state index in [1.807, 2.05) is 18.4 Å². The number of hydrogen-bond donors (Lipinski definition) is 2. The number of thioether (sulfide) groups is 1. The van der Waals surface area contributed by atoms with Gasteiger partial charge in [0.15, 0.2) is 0 Å². The van der Waals surface area contributed by atoms with Gasteiger partial charge in [0, 0.05) is 17.1 Å². The number of nitrogens with zero attached hydrogens (tertiary/aromatic N) is 1. The normalized spacial score (nSPS) is 9.89. The Balaban J connectivity index is 2.64. The third-order valence-electron chi connectivity index (χ3n) is 2.34. The van der Waals surface area contributed by atoms with Gasteiger partial charge in [-0.3, -0.25) is 4.79 Å². The van der Waals surface area contributed by atoms with Crippen molar-refractivity contribution in [1.82, 2.24) is 4.90 Å². The first-order valence-electron chi connectivity index (χ1n) is 5.48. The van der Waals surface area contributed by atoms with Crippen LogP contribution in [0.3, 0.4) is 0 Å². The lowest BCUT2D eigenvalue weighted by molar-refractivity contribution is -0.137. The van der Waals surface area contributed by atoms with Gasteiger partial charge in [-0.1, -0.05) is 0 Å². The zero-order valence-corrected chi connectivity index (χ0v) is 11.2. The summed E-state index contributed by atoms with van der Waals surface area (Å²) in [5.41, 5.74) is 0.654. The summed E-state index contributed by atoms with van der Waals surface area (Å²) in [5.74, 6) is -1.02. The lowest BCUT2D eigenvalue weighted by Crippen LogP contribution is -2.38. The van der Waals surface area contributed by atoms with Gasteiger partial charge in [0.25, 0.3) is 0 Å². The van der Waals surface area contributed by atoms with Crippen molar-refractivity contribution in [2.45, 2.75) is 11.8 Å². The molecular formula is C12H16N2O3S. The van der Waals surface area contributed by atoms with Crippen LogP contribution in [-0.4, -0.2) is 41.4 Å². The van der Waals surface area contributed by atoms with Gasteiger partial charge in [-0.15, -0.1) is 11.8 Å². The Morgan fingerprint density at radius 3 is 2.39 bits per heavy atom. The van der Waals surface area contributed by atoms with Crippen molar-refractivity contribution < 1.29 is 14.7 Å². The van der Waals surface area contributed by atoms with Crippen LogP contribution in [0.2, 0.25) is 0 Å². The highest BCUT2D eigenvalue weighted by molar-refractivity contribution is 7.98. The van der Waals surface area contributed by atoms with Crippen molar-refractivity contribution in [2.24, 2.45) is 0 Å². The second-order valence-corrected chi connectivity index (χ2v) is 4.45. The topological polar surface area (TPSA) is 69.6 Å². The number of carbonyl (C=O) groups excluding carboxylic acids is 1. The van der Waals surface area contributed by atoms with Crippen molar-refractivity contribution in [3.8, 4) is 0 Å². The van der Waals surface area contributed by atoms with E-state index in [9.17, 15) is 9.59 Å². The first-order valence-corrected chi connectivity index (χ1v) is 6.71. The highest BCUT2D eigenvalue weighted by Crippen LogP contribution is 2.17. The van der Waals surface area contributed by atoms with Crippen molar-refractivity contribution in [3.63, 3.8) is 0 Å². The molecule has 2 amide bonds. The lowest BCUT2D eigenvalue weighted by Gasteiger charge is -2.19. The van der Waals surface area contributed by atoms with Gasteiger partial charge in [0.05, 0.1) is 0 Å². The van der Waals surface area contributed by atoms with Crippen LogP contribution in [0.1, 0.15) is 6.92 Å². The molecule has 1 aromatic rings. The molecule has 6 heteroatoms. The summed E-state index contributed by atoms with van der Waals surface area (Å²) in [6.45, 7) is 1.78. The van der Waals surface area contributed by atoms with Gasteiger partial charge in [-0.25, -0.2) is 4.79 Å². The third kappa shape index (κ3) is 4.29. The van der Waals surface area contributed by atoms with E-state index < -0.39 is 12.0 Å². The monoisotopic (exact) mass is 268 g/mol. The number of carboxylic acid groups (broad SMARTS) is 1. The second kappa shape index (κ2) is 6.90. The summed E-state index contributed by atoms with van der Waals surface area (Å²) in [5, 5.41) is 11.3. The van der Waals surface area contributed by atoms with Gasteiger partial charge in [-0.2, -0.15) is 0 Å². The number of amides is 2. The predicted octanol–water partition coefficient (Wildman–Crippen LogP) is 2.35. The number of nitrogens with one attached hydrogen (secondary N) is 1. The molecule has 1 aromatic carbocycles. The minimum absolute atomic E-state index is 0.300. The number of hydrogen-bond acceptors (Lipinski definition) is 3. The molecule has 0 heterocycles. The number of urea groups is 1. The van der Waals surface area contributed by atoms with E-state index in [1.165, 1.54) is 4.90 Å². The zero-order valence-electron chi connectivity index (χ0n) is 10.3. The molecule has 0 saturated carbocycles. The molecule has 0 radical (unpaired) electrons. The minimum atomic E-state index is -1.02. The van der Waals surface area contributed by atoms with E-state index in [0.717, 1.165) is 4.90 Å². The van der Waals surface area contributed by atoms with Gasteiger partial charge in [0.2, 0.25) is 0 Å². The summed E-state index contributed by atoms with van der Waals surface area (Å²) in [7, 11) is 0. The summed E-state index contributed by atoms with van der Waals surface area (Å²) in [6, 6.07) is 6.97. The minimum Gasteiger partial charge on any atom is -0.480 e. The highest BCUT2D eigenvalue weighted by Gasteiger charge is 2.14. The maximum absolute atomic E-state index is 11.8. The Morgan fingerprint density at radius 1 is 1.33 bits per heavy atom. The van der Waals surface area contributed by atoms with E-state index in [0.29, 0.717) is 12.2 Å². The molecule has 0 unspecified atom stereocenters. The van der Waals surface area contributed by atoms with Gasteiger partial charge < -0.3 is 15.3 Å². The summed E-state index contributed by atoms with van der Waals surface area (Å²) < 4.78 is 0. The molecule has 0 aliphatic carbocycles. The van der Waals surface area contributed by atoms with Crippen LogP contribution in [0.15, 0.2) is 29.2 Å². The molecule has 0 fully saturated rings. The van der Waals surface area contributed by atoms with Crippen molar-refractivity contribution in [1.29, 1.82) is 0 Å². The maximum Gasteiger partial charge on any atom is 0.323 e. The van der Waals surface area contributed by atoms with Crippen LogP contribution in [-0.2, 0) is 4.79 Å². The number of anilines is 1. The van der Waals surface area contributed by atoms with Gasteiger partial charge >= 0.3 is 12.0 Å². The van der Waals surface area contributed by atoms with Crippen LogP contribution in [0, 0.1) is 0 Å². The first kappa shape index (κ1) is 14.4. The molecule has 0 spiro atoms. The maximum atomic E-state index is 11.8. The number of likely N-dealkylation sites (N-methyl/N-ethyl adjacent to an activating group) is 1. The molecule has 0 aromatic heterocycles. The van der Waals surface area contributed by atoms with Crippen LogP contribution in [0.4, 0.5) is 10.5 Å². The Hall–Kier alpha value is -1.69. The molecule has 98 valence electrons. The third-order valence-corrected chi connectivity index (χ3v) is 3.08. The van der Waals surface area contributed by atoms with Crippen molar-refractivity contribution in [2.75, 3.05) is 24.7 Å². The molecule has 0 aliphatic heterocycles. The molecule has 0 bridgehead atoms. The molecule has 0 aliphatic rings. The fourth-order valence-corrected chi connectivity index (χ4v) is 1.78.